The summed E-state index contributed by atoms with van der Waals surface area (Å²) < 4.78 is 0. The molecule has 1 rings (SSSR count). The highest BCUT2D eigenvalue weighted by molar-refractivity contribution is 5.94. The van der Waals surface area contributed by atoms with Crippen LogP contribution in [-0.2, 0) is 0 Å². The molecule has 0 aromatic carbocycles. The Kier molecular flexibility index (Phi) is 3.24. The fraction of sp³-hybridized carbons (Fsp3) is 0.417. The van der Waals surface area contributed by atoms with Crippen molar-refractivity contribution < 1.29 is 0 Å². The van der Waals surface area contributed by atoms with Gasteiger partial charge in [0.25, 0.3) is 0 Å². The molecular formula is C12H17N. The molecule has 0 amide bonds. The van der Waals surface area contributed by atoms with Crippen molar-refractivity contribution in [3.8, 4) is 0 Å². The summed E-state index contributed by atoms with van der Waals surface area (Å²) in [6.07, 6.45) is 8.20. The van der Waals surface area contributed by atoms with E-state index >= 15 is 0 Å². The van der Waals surface area contributed by atoms with Crippen LogP contribution in [0, 0.1) is 11.3 Å². The van der Waals surface area contributed by atoms with Crippen LogP contribution < -0.4 is 0 Å². The van der Waals surface area contributed by atoms with E-state index in [-0.39, 0.29) is 0 Å². The molecular weight excluding hydrogens is 158 g/mol. The van der Waals surface area contributed by atoms with E-state index in [1.807, 2.05) is 19.9 Å². The SMILES string of the molecule is C=C(C)C1=CC(=N)CCC1C=CC. The summed E-state index contributed by atoms with van der Waals surface area (Å²) >= 11 is 0. The van der Waals surface area contributed by atoms with Gasteiger partial charge in [-0.25, -0.2) is 0 Å². The average Bonchev–Trinajstić information content (AvgIpc) is 2.08. The molecule has 1 unspecified atom stereocenters. The van der Waals surface area contributed by atoms with E-state index < -0.39 is 0 Å². The van der Waals surface area contributed by atoms with Crippen LogP contribution in [-0.4, -0.2) is 5.71 Å². The number of hydrogen-bond donors (Lipinski definition) is 1. The minimum atomic E-state index is 0.483. The second kappa shape index (κ2) is 4.22. The van der Waals surface area contributed by atoms with Crippen molar-refractivity contribution in [1.29, 1.82) is 5.41 Å². The normalized spacial score (nSPS) is 23.4. The lowest BCUT2D eigenvalue weighted by Gasteiger charge is -2.22. The lowest BCUT2D eigenvalue weighted by molar-refractivity contribution is 0.688. The maximum atomic E-state index is 7.59. The highest BCUT2D eigenvalue weighted by Crippen LogP contribution is 2.28. The predicted molar refractivity (Wildman–Crippen MR) is 58.2 cm³/mol. The van der Waals surface area contributed by atoms with Gasteiger partial charge in [0, 0.05) is 11.6 Å². The smallest absolute Gasteiger partial charge is 0.0317 e. The van der Waals surface area contributed by atoms with Gasteiger partial charge in [-0.05, 0) is 38.3 Å². The van der Waals surface area contributed by atoms with Crippen molar-refractivity contribution in [2.24, 2.45) is 5.92 Å². The standard InChI is InChI=1S/C12H17N/c1-4-5-10-6-7-11(13)8-12(10)9(2)3/h4-5,8,10,13H,2,6-7H2,1,3H3. The average molecular weight is 175 g/mol. The van der Waals surface area contributed by atoms with Crippen LogP contribution in [0.3, 0.4) is 0 Å². The molecule has 0 radical (unpaired) electrons. The second-order valence-electron chi connectivity index (χ2n) is 3.58. The quantitative estimate of drug-likeness (QED) is 0.621. The third-order valence-electron chi connectivity index (χ3n) is 2.37. The maximum Gasteiger partial charge on any atom is 0.0317 e. The third-order valence-corrected chi connectivity index (χ3v) is 2.37. The van der Waals surface area contributed by atoms with Gasteiger partial charge in [0.05, 0.1) is 0 Å². The fourth-order valence-corrected chi connectivity index (χ4v) is 1.71. The first-order valence-corrected chi connectivity index (χ1v) is 4.73. The molecule has 1 N–H and O–H groups in total. The zero-order valence-corrected chi connectivity index (χ0v) is 8.43. The van der Waals surface area contributed by atoms with Crippen molar-refractivity contribution >= 4 is 5.71 Å². The zero-order valence-electron chi connectivity index (χ0n) is 8.43. The molecule has 0 aromatic rings. The summed E-state index contributed by atoms with van der Waals surface area (Å²) in [7, 11) is 0. The molecule has 0 heterocycles. The van der Waals surface area contributed by atoms with Gasteiger partial charge in [-0.3, -0.25) is 0 Å². The van der Waals surface area contributed by atoms with Gasteiger partial charge < -0.3 is 5.41 Å². The van der Waals surface area contributed by atoms with Crippen molar-refractivity contribution in [2.45, 2.75) is 26.7 Å². The topological polar surface area (TPSA) is 23.9 Å². The summed E-state index contributed by atoms with van der Waals surface area (Å²) in [6.45, 7) is 8.00. The van der Waals surface area contributed by atoms with Crippen LogP contribution in [0.15, 0.2) is 36.0 Å². The summed E-state index contributed by atoms with van der Waals surface area (Å²) in [5.74, 6) is 0.483. The second-order valence-corrected chi connectivity index (χ2v) is 3.58. The number of hydrogen-bond acceptors (Lipinski definition) is 1. The first kappa shape index (κ1) is 9.97. The highest BCUT2D eigenvalue weighted by Gasteiger charge is 2.17. The maximum absolute atomic E-state index is 7.59. The van der Waals surface area contributed by atoms with Crippen molar-refractivity contribution in [1.82, 2.24) is 0 Å². The van der Waals surface area contributed by atoms with Gasteiger partial charge in [-0.2, -0.15) is 0 Å². The largest absolute Gasteiger partial charge is 0.305 e. The molecule has 0 saturated carbocycles. The van der Waals surface area contributed by atoms with Crippen LogP contribution in [0.25, 0.3) is 0 Å². The summed E-state index contributed by atoms with van der Waals surface area (Å²) in [5, 5.41) is 7.59. The number of nitrogens with one attached hydrogen (secondary N) is 1. The van der Waals surface area contributed by atoms with Crippen molar-refractivity contribution in [3.05, 3.63) is 36.0 Å². The Balaban J connectivity index is 2.92. The summed E-state index contributed by atoms with van der Waals surface area (Å²) in [4.78, 5) is 0. The van der Waals surface area contributed by atoms with Gasteiger partial charge in [0.15, 0.2) is 0 Å². The lowest BCUT2D eigenvalue weighted by Crippen LogP contribution is -2.12. The fourth-order valence-electron chi connectivity index (χ4n) is 1.71. The van der Waals surface area contributed by atoms with E-state index in [1.54, 1.807) is 0 Å². The number of rotatable bonds is 2. The molecule has 1 aliphatic rings. The van der Waals surface area contributed by atoms with Gasteiger partial charge in [-0.1, -0.05) is 24.3 Å². The molecule has 1 aliphatic carbocycles. The molecule has 0 bridgehead atoms. The Hall–Kier alpha value is -1.11. The Morgan fingerprint density at radius 1 is 1.69 bits per heavy atom. The Morgan fingerprint density at radius 2 is 2.38 bits per heavy atom. The molecule has 1 heteroatoms. The van der Waals surface area contributed by atoms with E-state index in [4.69, 9.17) is 5.41 Å². The highest BCUT2D eigenvalue weighted by atomic mass is 14.4. The lowest BCUT2D eigenvalue weighted by atomic mass is 9.83. The van der Waals surface area contributed by atoms with Crippen LogP contribution in [0.1, 0.15) is 26.7 Å². The summed E-state index contributed by atoms with van der Waals surface area (Å²) in [6, 6.07) is 0. The first-order chi connectivity index (χ1) is 6.15. The minimum Gasteiger partial charge on any atom is -0.305 e. The van der Waals surface area contributed by atoms with Gasteiger partial charge >= 0.3 is 0 Å². The van der Waals surface area contributed by atoms with E-state index in [0.29, 0.717) is 5.92 Å². The van der Waals surface area contributed by atoms with E-state index in [1.165, 1.54) is 5.57 Å². The Bertz CT molecular complexity index is 281. The van der Waals surface area contributed by atoms with E-state index in [0.717, 1.165) is 24.1 Å². The van der Waals surface area contributed by atoms with Gasteiger partial charge in [0.2, 0.25) is 0 Å². The van der Waals surface area contributed by atoms with E-state index in [9.17, 15) is 0 Å². The van der Waals surface area contributed by atoms with Crippen LogP contribution in [0.5, 0.6) is 0 Å². The summed E-state index contributed by atoms with van der Waals surface area (Å²) in [5.41, 5.74) is 3.06. The third kappa shape index (κ3) is 2.41. The van der Waals surface area contributed by atoms with Crippen molar-refractivity contribution in [2.75, 3.05) is 0 Å². The molecule has 0 aromatic heterocycles. The predicted octanol–water partition coefficient (Wildman–Crippen LogP) is 3.49. The Morgan fingerprint density at radius 3 is 2.92 bits per heavy atom. The molecule has 70 valence electrons. The van der Waals surface area contributed by atoms with Crippen LogP contribution in [0.2, 0.25) is 0 Å². The molecule has 0 spiro atoms. The van der Waals surface area contributed by atoms with E-state index in [2.05, 4.69) is 18.7 Å². The first-order valence-electron chi connectivity index (χ1n) is 4.73. The zero-order chi connectivity index (χ0) is 9.84. The molecule has 0 fully saturated rings. The number of allylic oxidation sites excluding steroid dienone is 5. The van der Waals surface area contributed by atoms with Gasteiger partial charge in [-0.15, -0.1) is 0 Å². The Labute approximate surface area is 80.4 Å². The van der Waals surface area contributed by atoms with Crippen LogP contribution in [0.4, 0.5) is 0 Å². The van der Waals surface area contributed by atoms with Gasteiger partial charge in [0.1, 0.15) is 0 Å². The molecule has 0 aliphatic heterocycles. The molecule has 1 atom stereocenters. The van der Waals surface area contributed by atoms with Crippen LogP contribution >= 0.6 is 0 Å². The molecule has 13 heavy (non-hydrogen) atoms. The molecule has 1 nitrogen and oxygen atoms in total. The molecule has 0 saturated heterocycles. The van der Waals surface area contributed by atoms with Crippen molar-refractivity contribution in [3.63, 3.8) is 0 Å². The minimum absolute atomic E-state index is 0.483. The monoisotopic (exact) mass is 175 g/mol.